The summed E-state index contributed by atoms with van der Waals surface area (Å²) in [5.74, 6) is 0.992. The van der Waals surface area contributed by atoms with Crippen LogP contribution in [-0.4, -0.2) is 49.6 Å². The third kappa shape index (κ3) is 4.46. The zero-order chi connectivity index (χ0) is 13.7. The van der Waals surface area contributed by atoms with E-state index in [1.807, 2.05) is 7.05 Å². The van der Waals surface area contributed by atoms with Crippen LogP contribution >= 0.6 is 0 Å². The Morgan fingerprint density at radius 3 is 2.42 bits per heavy atom. The van der Waals surface area contributed by atoms with Crippen molar-refractivity contribution in [1.29, 1.82) is 0 Å². The highest BCUT2D eigenvalue weighted by atomic mass is 16.2. The highest BCUT2D eigenvalue weighted by Gasteiger charge is 2.25. The fourth-order valence-electron chi connectivity index (χ4n) is 3.39. The molecule has 110 valence electrons. The number of piperidine rings is 1. The number of hydrogen-bond acceptors (Lipinski definition) is 3. The van der Waals surface area contributed by atoms with Gasteiger partial charge in [-0.15, -0.1) is 0 Å². The Kier molecular flexibility index (Phi) is 5.64. The summed E-state index contributed by atoms with van der Waals surface area (Å²) in [5.41, 5.74) is 0. The molecular weight excluding hydrogens is 238 g/mol. The first-order chi connectivity index (χ1) is 9.19. The van der Waals surface area contributed by atoms with Gasteiger partial charge in [0.1, 0.15) is 0 Å². The summed E-state index contributed by atoms with van der Waals surface area (Å²) in [4.78, 5) is 14.3. The highest BCUT2D eigenvalue weighted by molar-refractivity contribution is 5.78. The van der Waals surface area contributed by atoms with E-state index in [2.05, 4.69) is 22.5 Å². The van der Waals surface area contributed by atoms with E-state index in [1.165, 1.54) is 38.5 Å². The first-order valence-electron chi connectivity index (χ1n) is 7.88. The highest BCUT2D eigenvalue weighted by Crippen LogP contribution is 2.20. The van der Waals surface area contributed by atoms with Crippen LogP contribution in [0.25, 0.3) is 0 Å². The van der Waals surface area contributed by atoms with Gasteiger partial charge >= 0.3 is 0 Å². The van der Waals surface area contributed by atoms with Gasteiger partial charge in [-0.1, -0.05) is 12.8 Å². The molecule has 0 radical (unpaired) electrons. The van der Waals surface area contributed by atoms with Crippen molar-refractivity contribution >= 4 is 5.91 Å². The topological polar surface area (TPSA) is 44.4 Å². The lowest BCUT2D eigenvalue weighted by Gasteiger charge is -2.34. The number of carbonyl (C=O) groups excluding carboxylic acids is 1. The Balaban J connectivity index is 1.65. The molecular formula is C15H29N3O. The molecule has 0 bridgehead atoms. The SMILES string of the molecule is CNC(C)C1CCN(CC(=O)NC2CCCC2)CC1. The van der Waals surface area contributed by atoms with Gasteiger partial charge in [0.2, 0.25) is 5.91 Å². The molecule has 1 heterocycles. The minimum absolute atomic E-state index is 0.229. The van der Waals surface area contributed by atoms with Crippen LogP contribution in [0.4, 0.5) is 0 Å². The zero-order valence-electron chi connectivity index (χ0n) is 12.5. The molecule has 2 rings (SSSR count). The molecule has 1 aliphatic heterocycles. The average Bonchev–Trinajstić information content (AvgIpc) is 2.91. The van der Waals surface area contributed by atoms with Crippen molar-refractivity contribution in [2.24, 2.45) is 5.92 Å². The van der Waals surface area contributed by atoms with Gasteiger partial charge in [0.15, 0.2) is 0 Å². The van der Waals surface area contributed by atoms with Crippen molar-refractivity contribution in [3.8, 4) is 0 Å². The van der Waals surface area contributed by atoms with Gasteiger partial charge in [-0.3, -0.25) is 9.69 Å². The summed E-state index contributed by atoms with van der Waals surface area (Å²) < 4.78 is 0. The largest absolute Gasteiger partial charge is 0.352 e. The first kappa shape index (κ1) is 14.8. The molecule has 1 amide bonds. The number of rotatable bonds is 5. The number of hydrogen-bond donors (Lipinski definition) is 2. The molecule has 4 heteroatoms. The maximum Gasteiger partial charge on any atom is 0.234 e. The van der Waals surface area contributed by atoms with E-state index < -0.39 is 0 Å². The third-order valence-electron chi connectivity index (χ3n) is 4.88. The molecule has 19 heavy (non-hydrogen) atoms. The molecule has 2 aliphatic rings. The van der Waals surface area contributed by atoms with E-state index in [9.17, 15) is 4.79 Å². The van der Waals surface area contributed by atoms with Crippen molar-refractivity contribution in [3.05, 3.63) is 0 Å². The predicted octanol–water partition coefficient (Wildman–Crippen LogP) is 1.37. The average molecular weight is 267 g/mol. The fraction of sp³-hybridized carbons (Fsp3) is 0.933. The van der Waals surface area contributed by atoms with Crippen LogP contribution in [0.1, 0.15) is 45.4 Å². The second kappa shape index (κ2) is 7.25. The maximum atomic E-state index is 12.0. The quantitative estimate of drug-likeness (QED) is 0.790. The molecule has 1 unspecified atom stereocenters. The zero-order valence-corrected chi connectivity index (χ0v) is 12.5. The lowest BCUT2D eigenvalue weighted by atomic mass is 9.90. The minimum atomic E-state index is 0.229. The summed E-state index contributed by atoms with van der Waals surface area (Å²) in [6.07, 6.45) is 7.31. The van der Waals surface area contributed by atoms with Crippen LogP contribution in [0.3, 0.4) is 0 Å². The monoisotopic (exact) mass is 267 g/mol. The van der Waals surface area contributed by atoms with Gasteiger partial charge in [-0.25, -0.2) is 0 Å². The smallest absolute Gasteiger partial charge is 0.234 e. The van der Waals surface area contributed by atoms with Crippen molar-refractivity contribution in [1.82, 2.24) is 15.5 Å². The van der Waals surface area contributed by atoms with Gasteiger partial charge in [0.25, 0.3) is 0 Å². The molecule has 2 fully saturated rings. The molecule has 0 aromatic rings. The normalized spacial score (nSPS) is 24.5. The molecule has 0 spiro atoms. The lowest BCUT2D eigenvalue weighted by Crippen LogP contribution is -2.46. The van der Waals surface area contributed by atoms with Gasteiger partial charge in [0, 0.05) is 12.1 Å². The Bertz CT molecular complexity index is 281. The molecule has 1 saturated heterocycles. The van der Waals surface area contributed by atoms with Crippen molar-refractivity contribution < 1.29 is 4.79 Å². The van der Waals surface area contributed by atoms with E-state index in [1.54, 1.807) is 0 Å². The van der Waals surface area contributed by atoms with E-state index >= 15 is 0 Å². The summed E-state index contributed by atoms with van der Waals surface area (Å²) in [6, 6.07) is 1.05. The van der Waals surface area contributed by atoms with Crippen LogP contribution in [-0.2, 0) is 4.79 Å². The van der Waals surface area contributed by atoms with Crippen molar-refractivity contribution in [2.75, 3.05) is 26.7 Å². The van der Waals surface area contributed by atoms with Crippen LogP contribution in [0.2, 0.25) is 0 Å². The summed E-state index contributed by atoms with van der Waals surface area (Å²) in [6.45, 7) is 4.98. The Hall–Kier alpha value is -0.610. The van der Waals surface area contributed by atoms with Gasteiger partial charge in [-0.05, 0) is 58.7 Å². The van der Waals surface area contributed by atoms with E-state index in [4.69, 9.17) is 0 Å². The number of nitrogens with zero attached hydrogens (tertiary/aromatic N) is 1. The summed E-state index contributed by atoms with van der Waals surface area (Å²) in [7, 11) is 2.03. The Labute approximate surface area is 117 Å². The predicted molar refractivity (Wildman–Crippen MR) is 78.1 cm³/mol. The maximum absolute atomic E-state index is 12.0. The van der Waals surface area contributed by atoms with Gasteiger partial charge in [-0.2, -0.15) is 0 Å². The molecule has 1 saturated carbocycles. The molecule has 2 N–H and O–H groups in total. The van der Waals surface area contributed by atoms with E-state index in [0.717, 1.165) is 19.0 Å². The Morgan fingerprint density at radius 2 is 1.84 bits per heavy atom. The second-order valence-corrected chi connectivity index (χ2v) is 6.24. The first-order valence-corrected chi connectivity index (χ1v) is 7.88. The van der Waals surface area contributed by atoms with Gasteiger partial charge < -0.3 is 10.6 Å². The number of carbonyl (C=O) groups is 1. The fourth-order valence-corrected chi connectivity index (χ4v) is 3.39. The molecule has 0 aromatic carbocycles. The number of amides is 1. The lowest BCUT2D eigenvalue weighted by molar-refractivity contribution is -0.123. The summed E-state index contributed by atoms with van der Waals surface area (Å²) in [5, 5.41) is 6.52. The van der Waals surface area contributed by atoms with Crippen molar-refractivity contribution in [3.63, 3.8) is 0 Å². The minimum Gasteiger partial charge on any atom is -0.352 e. The molecule has 1 atom stereocenters. The number of likely N-dealkylation sites (tertiary alicyclic amines) is 1. The summed E-state index contributed by atoms with van der Waals surface area (Å²) >= 11 is 0. The van der Waals surface area contributed by atoms with Crippen molar-refractivity contribution in [2.45, 2.75) is 57.5 Å². The number of nitrogens with one attached hydrogen (secondary N) is 2. The van der Waals surface area contributed by atoms with Crippen LogP contribution in [0.15, 0.2) is 0 Å². The molecule has 1 aliphatic carbocycles. The molecule has 0 aromatic heterocycles. The Morgan fingerprint density at radius 1 is 1.21 bits per heavy atom. The van der Waals surface area contributed by atoms with Gasteiger partial charge in [0.05, 0.1) is 6.54 Å². The van der Waals surface area contributed by atoms with E-state index in [0.29, 0.717) is 18.6 Å². The third-order valence-corrected chi connectivity index (χ3v) is 4.88. The van der Waals surface area contributed by atoms with Crippen LogP contribution < -0.4 is 10.6 Å². The second-order valence-electron chi connectivity index (χ2n) is 6.24. The standard InChI is InChI=1S/C15H29N3O/c1-12(16-2)13-7-9-18(10-8-13)11-15(19)17-14-5-3-4-6-14/h12-14,16H,3-11H2,1-2H3,(H,17,19). The molecule has 4 nitrogen and oxygen atoms in total. The van der Waals surface area contributed by atoms with Crippen LogP contribution in [0, 0.1) is 5.92 Å². The van der Waals surface area contributed by atoms with E-state index in [-0.39, 0.29) is 5.91 Å². The van der Waals surface area contributed by atoms with Crippen LogP contribution in [0.5, 0.6) is 0 Å².